The van der Waals surface area contributed by atoms with Crippen molar-refractivity contribution in [3.8, 4) is 29.1 Å². The average Bonchev–Trinajstić information content (AvgIpc) is 3.13. The molecule has 0 aliphatic heterocycles. The Morgan fingerprint density at radius 2 is 1.34 bits per heavy atom. The summed E-state index contributed by atoms with van der Waals surface area (Å²) < 4.78 is 2.24. The van der Waals surface area contributed by atoms with Crippen LogP contribution in [0.25, 0.3) is 38.8 Å². The van der Waals surface area contributed by atoms with E-state index >= 15 is 0 Å². The topological polar surface area (TPSA) is 65.4 Å². The Hall–Kier alpha value is -4.41. The van der Waals surface area contributed by atoms with E-state index in [0.717, 1.165) is 22.3 Å². The van der Waals surface area contributed by atoms with Crippen molar-refractivity contribution in [2.45, 2.75) is 0 Å². The highest BCUT2D eigenvalue weighted by Gasteiger charge is 2.12. The van der Waals surface area contributed by atoms with Crippen molar-refractivity contribution >= 4 is 21.8 Å². The molecule has 0 radical (unpaired) electrons. The summed E-state index contributed by atoms with van der Waals surface area (Å²) in [5.74, 6) is 0. The molecule has 0 fully saturated rings. The quantitative estimate of drug-likeness (QED) is 0.407. The lowest BCUT2D eigenvalue weighted by molar-refractivity contribution is 1.18. The fraction of sp³-hybridized carbons (Fsp3) is 0. The summed E-state index contributed by atoms with van der Waals surface area (Å²) in [6.45, 7) is 0. The molecule has 2 aromatic heterocycles. The SMILES string of the molecule is N#Cc1cnc(-c2ccc(-n3c4ccccc4c4ccccc43)cc2)c(C#N)c1. The largest absolute Gasteiger partial charge is 0.309 e. The fourth-order valence-corrected chi connectivity index (χ4v) is 3.81. The lowest BCUT2D eigenvalue weighted by Gasteiger charge is -2.09. The number of rotatable bonds is 2. The van der Waals surface area contributed by atoms with Crippen LogP contribution in [0.15, 0.2) is 85.1 Å². The highest BCUT2D eigenvalue weighted by atomic mass is 15.0. The Morgan fingerprint density at radius 3 is 1.93 bits per heavy atom. The molecule has 0 saturated heterocycles. The minimum atomic E-state index is 0.382. The molecule has 0 aliphatic carbocycles. The third-order valence-electron chi connectivity index (χ3n) is 5.12. The fourth-order valence-electron chi connectivity index (χ4n) is 3.81. The zero-order chi connectivity index (χ0) is 19.8. The van der Waals surface area contributed by atoms with Crippen molar-refractivity contribution in [2.24, 2.45) is 0 Å². The van der Waals surface area contributed by atoms with Crippen LogP contribution in [-0.2, 0) is 0 Å². The second-order valence-electron chi connectivity index (χ2n) is 6.76. The van der Waals surface area contributed by atoms with E-state index < -0.39 is 0 Å². The van der Waals surface area contributed by atoms with E-state index in [2.05, 4.69) is 52.0 Å². The number of hydrogen-bond acceptors (Lipinski definition) is 3. The maximum absolute atomic E-state index is 9.44. The zero-order valence-corrected chi connectivity index (χ0v) is 15.4. The molecule has 0 unspecified atom stereocenters. The van der Waals surface area contributed by atoms with Gasteiger partial charge in [0.2, 0.25) is 0 Å². The Bertz CT molecular complexity index is 1410. The summed E-state index contributed by atoms with van der Waals surface area (Å²) in [6.07, 6.45) is 1.50. The number of aromatic nitrogens is 2. The number of para-hydroxylation sites is 2. The van der Waals surface area contributed by atoms with Crippen LogP contribution < -0.4 is 0 Å². The van der Waals surface area contributed by atoms with E-state index in [0.29, 0.717) is 16.8 Å². The summed E-state index contributed by atoms with van der Waals surface area (Å²) in [4.78, 5) is 4.33. The van der Waals surface area contributed by atoms with Gasteiger partial charge in [0.1, 0.15) is 12.1 Å². The van der Waals surface area contributed by atoms with Gasteiger partial charge in [-0.3, -0.25) is 4.98 Å². The number of pyridine rings is 1. The molecule has 134 valence electrons. The summed E-state index contributed by atoms with van der Waals surface area (Å²) in [7, 11) is 0. The van der Waals surface area contributed by atoms with Gasteiger partial charge in [-0.15, -0.1) is 0 Å². The highest BCUT2D eigenvalue weighted by Crippen LogP contribution is 2.32. The normalized spacial score (nSPS) is 10.7. The van der Waals surface area contributed by atoms with Gasteiger partial charge in [-0.2, -0.15) is 10.5 Å². The van der Waals surface area contributed by atoms with Crippen LogP contribution in [0.2, 0.25) is 0 Å². The molecule has 0 aliphatic rings. The van der Waals surface area contributed by atoms with Gasteiger partial charge in [0.25, 0.3) is 0 Å². The molecule has 0 bridgehead atoms. The summed E-state index contributed by atoms with van der Waals surface area (Å²) >= 11 is 0. The van der Waals surface area contributed by atoms with Crippen LogP contribution in [0.1, 0.15) is 11.1 Å². The van der Waals surface area contributed by atoms with Crippen molar-refractivity contribution in [2.75, 3.05) is 0 Å². The average molecular weight is 370 g/mol. The molecule has 0 saturated carbocycles. The smallest absolute Gasteiger partial charge is 0.101 e. The first-order chi connectivity index (χ1) is 14.3. The molecule has 5 aromatic rings. The van der Waals surface area contributed by atoms with Gasteiger partial charge >= 0.3 is 0 Å². The van der Waals surface area contributed by atoms with Crippen LogP contribution in [0.3, 0.4) is 0 Å². The Kier molecular flexibility index (Phi) is 3.83. The number of nitriles is 2. The molecule has 0 N–H and O–H groups in total. The van der Waals surface area contributed by atoms with E-state index in [4.69, 9.17) is 5.26 Å². The van der Waals surface area contributed by atoms with Crippen LogP contribution in [0, 0.1) is 22.7 Å². The van der Waals surface area contributed by atoms with Gasteiger partial charge in [-0.1, -0.05) is 48.5 Å². The van der Waals surface area contributed by atoms with E-state index in [-0.39, 0.29) is 0 Å². The van der Waals surface area contributed by atoms with Crippen LogP contribution in [0.4, 0.5) is 0 Å². The van der Waals surface area contributed by atoms with Gasteiger partial charge in [-0.25, -0.2) is 0 Å². The van der Waals surface area contributed by atoms with Crippen LogP contribution in [-0.4, -0.2) is 9.55 Å². The van der Waals surface area contributed by atoms with E-state index in [1.807, 2.05) is 42.5 Å². The predicted molar refractivity (Wildman–Crippen MR) is 113 cm³/mol. The van der Waals surface area contributed by atoms with Gasteiger partial charge < -0.3 is 4.57 Å². The monoisotopic (exact) mass is 370 g/mol. The lowest BCUT2D eigenvalue weighted by Crippen LogP contribution is -1.95. The molecular formula is C25H14N4. The first-order valence-electron chi connectivity index (χ1n) is 9.19. The standard InChI is InChI=1S/C25H14N4/c26-14-17-13-19(15-27)25(28-16-17)18-9-11-20(12-10-18)29-23-7-3-1-5-21(23)22-6-2-4-8-24(22)29/h1-13,16H. The number of benzene rings is 3. The summed E-state index contributed by atoms with van der Waals surface area (Å²) in [6, 6.07) is 30.5. The Labute approximate surface area is 167 Å². The molecule has 0 atom stereocenters. The molecule has 0 amide bonds. The first kappa shape index (κ1) is 16.7. The molecule has 0 spiro atoms. The third-order valence-corrected chi connectivity index (χ3v) is 5.12. The van der Waals surface area contributed by atoms with Crippen LogP contribution in [0.5, 0.6) is 0 Å². The Morgan fingerprint density at radius 1 is 0.724 bits per heavy atom. The van der Waals surface area contributed by atoms with Gasteiger partial charge in [0.05, 0.1) is 27.9 Å². The molecule has 4 nitrogen and oxygen atoms in total. The van der Waals surface area contributed by atoms with Crippen LogP contribution >= 0.6 is 0 Å². The van der Waals surface area contributed by atoms with E-state index in [1.165, 1.54) is 17.0 Å². The van der Waals surface area contributed by atoms with Crippen molar-refractivity contribution in [1.82, 2.24) is 9.55 Å². The predicted octanol–water partition coefficient (Wildman–Crippen LogP) is 5.59. The maximum Gasteiger partial charge on any atom is 0.101 e. The Balaban J connectivity index is 1.67. The number of fused-ring (bicyclic) bond motifs is 3. The second kappa shape index (κ2) is 6.64. The number of hydrogen-bond donors (Lipinski definition) is 0. The molecule has 29 heavy (non-hydrogen) atoms. The molecule has 4 heteroatoms. The lowest BCUT2D eigenvalue weighted by atomic mass is 10.0. The molecule has 2 heterocycles. The van der Waals surface area contributed by atoms with Crippen molar-refractivity contribution < 1.29 is 0 Å². The highest BCUT2D eigenvalue weighted by molar-refractivity contribution is 6.09. The molecule has 5 rings (SSSR count). The minimum absolute atomic E-state index is 0.382. The van der Waals surface area contributed by atoms with Crippen molar-refractivity contribution in [1.29, 1.82) is 10.5 Å². The zero-order valence-electron chi connectivity index (χ0n) is 15.4. The second-order valence-corrected chi connectivity index (χ2v) is 6.76. The summed E-state index contributed by atoms with van der Waals surface area (Å²) in [5.41, 5.74) is 5.54. The minimum Gasteiger partial charge on any atom is -0.309 e. The molecule has 3 aromatic carbocycles. The van der Waals surface area contributed by atoms with Gasteiger partial charge in [0, 0.05) is 28.2 Å². The first-order valence-corrected chi connectivity index (χ1v) is 9.19. The maximum atomic E-state index is 9.44. The van der Waals surface area contributed by atoms with E-state index in [9.17, 15) is 5.26 Å². The third kappa shape index (κ3) is 2.64. The summed E-state index contributed by atoms with van der Waals surface area (Å²) in [5, 5.41) is 20.9. The number of nitrogens with zero attached hydrogens (tertiary/aromatic N) is 4. The van der Waals surface area contributed by atoms with Gasteiger partial charge in [-0.05, 0) is 30.3 Å². The van der Waals surface area contributed by atoms with Gasteiger partial charge in [0.15, 0.2) is 0 Å². The van der Waals surface area contributed by atoms with Crippen molar-refractivity contribution in [3.63, 3.8) is 0 Å². The van der Waals surface area contributed by atoms with Crippen molar-refractivity contribution in [3.05, 3.63) is 96.2 Å². The molecular weight excluding hydrogens is 356 g/mol. The van der Waals surface area contributed by atoms with E-state index in [1.54, 1.807) is 6.07 Å².